The molecule has 174 valence electrons. The number of amidine groups is 1. The molecule has 0 radical (unpaired) electrons. The van der Waals surface area contributed by atoms with E-state index in [1.807, 2.05) is 30.3 Å². The monoisotopic (exact) mass is 515 g/mol. The van der Waals surface area contributed by atoms with Crippen LogP contribution in [0.4, 0.5) is 15.8 Å². The number of rotatable bonds is 6. The zero-order chi connectivity index (χ0) is 24.1. The van der Waals surface area contributed by atoms with Crippen molar-refractivity contribution in [3.8, 4) is 0 Å². The molecule has 0 aliphatic carbocycles. The summed E-state index contributed by atoms with van der Waals surface area (Å²) in [5.41, 5.74) is 2.03. The topological polar surface area (TPSA) is 61.8 Å². The van der Waals surface area contributed by atoms with Crippen LogP contribution in [0.5, 0.6) is 0 Å². The van der Waals surface area contributed by atoms with E-state index in [2.05, 4.69) is 10.3 Å². The van der Waals surface area contributed by atoms with Crippen LogP contribution in [0.1, 0.15) is 12.0 Å². The number of carbonyl (C=O) groups is 2. The van der Waals surface area contributed by atoms with Crippen LogP contribution < -0.4 is 5.32 Å². The Morgan fingerprint density at radius 1 is 1.06 bits per heavy atom. The Balaban J connectivity index is 1.54. The molecule has 3 aromatic rings. The van der Waals surface area contributed by atoms with Crippen LogP contribution in [0.3, 0.4) is 0 Å². The molecule has 34 heavy (non-hydrogen) atoms. The number of hydrogen-bond donors (Lipinski definition) is 1. The van der Waals surface area contributed by atoms with Gasteiger partial charge in [-0.2, -0.15) is 0 Å². The van der Waals surface area contributed by atoms with Crippen LogP contribution in [0.25, 0.3) is 0 Å². The lowest BCUT2D eigenvalue weighted by Crippen LogP contribution is -2.46. The molecule has 1 atom stereocenters. The number of anilines is 1. The first kappa shape index (κ1) is 24.3. The average molecular weight is 516 g/mol. The molecule has 2 amide bonds. The summed E-state index contributed by atoms with van der Waals surface area (Å²) in [7, 11) is 0. The second-order valence-corrected chi connectivity index (χ2v) is 9.65. The maximum atomic E-state index is 13.2. The lowest BCUT2D eigenvalue weighted by molar-refractivity contribution is -0.129. The molecule has 1 aliphatic heterocycles. The number of carbonyl (C=O) groups excluding carboxylic acids is 2. The van der Waals surface area contributed by atoms with Crippen LogP contribution in [-0.4, -0.2) is 33.7 Å². The molecule has 1 N–H and O–H groups in total. The molecule has 0 spiro atoms. The van der Waals surface area contributed by atoms with Gasteiger partial charge in [0.2, 0.25) is 11.8 Å². The van der Waals surface area contributed by atoms with Gasteiger partial charge in [0.1, 0.15) is 11.1 Å². The van der Waals surface area contributed by atoms with Gasteiger partial charge >= 0.3 is 0 Å². The maximum Gasteiger partial charge on any atom is 0.238 e. The number of hydrogen-bond acceptors (Lipinski definition) is 4. The summed E-state index contributed by atoms with van der Waals surface area (Å²) in [6, 6.07) is 20.2. The third-order valence-electron chi connectivity index (χ3n) is 5.08. The first-order chi connectivity index (χ1) is 16.4. The van der Waals surface area contributed by atoms with Crippen LogP contribution in [-0.2, 0) is 16.0 Å². The van der Waals surface area contributed by atoms with Crippen LogP contribution >= 0.6 is 35.0 Å². The van der Waals surface area contributed by atoms with Gasteiger partial charge in [0.05, 0.1) is 5.69 Å². The van der Waals surface area contributed by atoms with Crippen molar-refractivity contribution in [3.63, 3.8) is 0 Å². The number of amides is 2. The largest absolute Gasteiger partial charge is 0.325 e. The average Bonchev–Trinajstić information content (AvgIpc) is 2.79. The fourth-order valence-corrected chi connectivity index (χ4v) is 5.07. The van der Waals surface area contributed by atoms with E-state index in [1.54, 1.807) is 35.2 Å². The Morgan fingerprint density at radius 2 is 1.74 bits per heavy atom. The number of aliphatic imine (C=N–C) groups is 1. The predicted octanol–water partition coefficient (Wildman–Crippen LogP) is 6.34. The highest BCUT2D eigenvalue weighted by atomic mass is 35.5. The summed E-state index contributed by atoms with van der Waals surface area (Å²) >= 11 is 13.3. The molecule has 1 heterocycles. The van der Waals surface area contributed by atoms with Crippen LogP contribution in [0.2, 0.25) is 10.0 Å². The zero-order valence-electron chi connectivity index (χ0n) is 17.9. The van der Waals surface area contributed by atoms with E-state index in [0.29, 0.717) is 39.6 Å². The fourth-order valence-electron chi connectivity index (χ4n) is 3.41. The molecular formula is C25H20Cl2FN3O2S. The lowest BCUT2D eigenvalue weighted by Gasteiger charge is -2.32. The highest BCUT2D eigenvalue weighted by molar-refractivity contribution is 8.15. The summed E-state index contributed by atoms with van der Waals surface area (Å²) < 4.78 is 13.2. The molecule has 4 rings (SSSR count). The lowest BCUT2D eigenvalue weighted by atomic mass is 10.1. The Morgan fingerprint density at radius 3 is 2.41 bits per heavy atom. The molecule has 3 aromatic carbocycles. The number of para-hydroxylation sites is 1. The van der Waals surface area contributed by atoms with Crippen molar-refractivity contribution in [1.29, 1.82) is 0 Å². The predicted molar refractivity (Wildman–Crippen MR) is 136 cm³/mol. The molecule has 1 aliphatic rings. The summed E-state index contributed by atoms with van der Waals surface area (Å²) in [6.07, 6.45) is 0.542. The highest BCUT2D eigenvalue weighted by Crippen LogP contribution is 2.31. The van der Waals surface area contributed by atoms with Gasteiger partial charge in [-0.05, 0) is 54.4 Å². The number of halogens is 3. The summed E-state index contributed by atoms with van der Waals surface area (Å²) in [5.74, 6) is -0.857. The van der Waals surface area contributed by atoms with E-state index in [1.165, 1.54) is 23.9 Å². The SMILES string of the molecule is O=C(Nc1cc(Cl)cc(Cl)c1)[C@@H]1CC(=O)N(CCc2ccc(F)cc2)C(=Nc2ccccc2)S1. The molecular weight excluding hydrogens is 496 g/mol. The van der Waals surface area contributed by atoms with Crippen molar-refractivity contribution in [2.24, 2.45) is 4.99 Å². The van der Waals surface area contributed by atoms with E-state index in [9.17, 15) is 14.0 Å². The Labute approximate surface area is 211 Å². The molecule has 1 saturated heterocycles. The summed E-state index contributed by atoms with van der Waals surface area (Å²) in [5, 5.41) is 3.35. The molecule has 0 bridgehead atoms. The van der Waals surface area contributed by atoms with Crippen molar-refractivity contribution >= 4 is 63.3 Å². The number of benzene rings is 3. The summed E-state index contributed by atoms with van der Waals surface area (Å²) in [4.78, 5) is 32.3. The van der Waals surface area contributed by atoms with Gasteiger partial charge < -0.3 is 5.32 Å². The number of nitrogens with zero attached hydrogens (tertiary/aromatic N) is 2. The number of nitrogens with one attached hydrogen (secondary N) is 1. The molecule has 0 aromatic heterocycles. The molecule has 0 saturated carbocycles. The van der Waals surface area contributed by atoms with Gasteiger partial charge in [-0.3, -0.25) is 14.5 Å². The normalized spacial score (nSPS) is 17.1. The Kier molecular flexibility index (Phi) is 7.88. The van der Waals surface area contributed by atoms with Crippen molar-refractivity contribution < 1.29 is 14.0 Å². The highest BCUT2D eigenvalue weighted by Gasteiger charge is 2.35. The standard InChI is InChI=1S/C25H20Cl2FN3O2S/c26-17-12-18(27)14-21(13-17)29-24(33)22-15-23(32)31(11-10-16-6-8-19(28)9-7-16)25(34-22)30-20-4-2-1-3-5-20/h1-9,12-14,22H,10-11,15H2,(H,29,33)/t22-/m0/s1. The van der Waals surface area contributed by atoms with Crippen molar-refractivity contribution in [2.75, 3.05) is 11.9 Å². The molecule has 0 unspecified atom stereocenters. The molecule has 5 nitrogen and oxygen atoms in total. The zero-order valence-corrected chi connectivity index (χ0v) is 20.2. The second-order valence-electron chi connectivity index (χ2n) is 7.61. The van der Waals surface area contributed by atoms with Gasteiger partial charge in [0, 0.05) is 28.7 Å². The van der Waals surface area contributed by atoms with Crippen molar-refractivity contribution in [3.05, 3.63) is 94.2 Å². The van der Waals surface area contributed by atoms with Crippen LogP contribution in [0.15, 0.2) is 77.8 Å². The van der Waals surface area contributed by atoms with Gasteiger partial charge in [0.25, 0.3) is 0 Å². The fraction of sp³-hybridized carbons (Fsp3) is 0.160. The van der Waals surface area contributed by atoms with Gasteiger partial charge in [-0.1, -0.05) is 65.3 Å². The van der Waals surface area contributed by atoms with E-state index in [4.69, 9.17) is 23.2 Å². The Bertz CT molecular complexity index is 1200. The first-order valence-electron chi connectivity index (χ1n) is 10.5. The minimum absolute atomic E-state index is 0.0159. The van der Waals surface area contributed by atoms with Crippen molar-refractivity contribution in [2.45, 2.75) is 18.1 Å². The summed E-state index contributed by atoms with van der Waals surface area (Å²) in [6.45, 7) is 0.362. The van der Waals surface area contributed by atoms with Gasteiger partial charge in [-0.15, -0.1) is 0 Å². The van der Waals surface area contributed by atoms with Gasteiger partial charge in [0.15, 0.2) is 5.17 Å². The maximum absolute atomic E-state index is 13.2. The molecule has 1 fully saturated rings. The third kappa shape index (κ3) is 6.38. The molecule has 9 heteroatoms. The smallest absolute Gasteiger partial charge is 0.238 e. The quantitative estimate of drug-likeness (QED) is 0.416. The second kappa shape index (κ2) is 11.0. The first-order valence-corrected chi connectivity index (χ1v) is 12.1. The number of thioether (sulfide) groups is 1. The third-order valence-corrected chi connectivity index (χ3v) is 6.70. The van der Waals surface area contributed by atoms with Gasteiger partial charge in [-0.25, -0.2) is 9.38 Å². The minimum atomic E-state index is -0.671. The van der Waals surface area contributed by atoms with Crippen LogP contribution in [0, 0.1) is 5.82 Å². The van der Waals surface area contributed by atoms with E-state index in [-0.39, 0.29) is 24.1 Å². The van der Waals surface area contributed by atoms with Crippen molar-refractivity contribution in [1.82, 2.24) is 4.90 Å². The van der Waals surface area contributed by atoms with E-state index >= 15 is 0 Å². The Hall–Kier alpha value is -2.87. The van der Waals surface area contributed by atoms with E-state index < -0.39 is 5.25 Å². The minimum Gasteiger partial charge on any atom is -0.325 e. The van der Waals surface area contributed by atoms with E-state index in [0.717, 1.165) is 5.56 Å².